The molecular formula is C17H21NO4. The summed E-state index contributed by atoms with van der Waals surface area (Å²) in [7, 11) is 0. The monoisotopic (exact) mass is 303 g/mol. The molecule has 0 bridgehead atoms. The summed E-state index contributed by atoms with van der Waals surface area (Å²) in [5.41, 5.74) is 1.79. The predicted octanol–water partition coefficient (Wildman–Crippen LogP) is 3.62. The van der Waals surface area contributed by atoms with Crippen molar-refractivity contribution in [3.8, 4) is 11.5 Å². The van der Waals surface area contributed by atoms with Crippen LogP contribution in [-0.2, 0) is 11.2 Å². The van der Waals surface area contributed by atoms with Gasteiger partial charge in [-0.05, 0) is 51.0 Å². The van der Waals surface area contributed by atoms with Crippen LogP contribution in [0.5, 0.6) is 11.5 Å². The normalized spacial score (nSPS) is 10.5. The van der Waals surface area contributed by atoms with E-state index >= 15 is 0 Å². The average Bonchev–Trinajstić information content (AvgIpc) is 2.83. The topological polar surface area (TPSA) is 61.6 Å². The van der Waals surface area contributed by atoms with Gasteiger partial charge in [0.25, 0.3) is 0 Å². The number of nitrogens with zero attached hydrogens (tertiary/aromatic N) is 1. The minimum atomic E-state index is -0.276. The smallest absolute Gasteiger partial charge is 0.311 e. The van der Waals surface area contributed by atoms with Crippen molar-refractivity contribution in [3.63, 3.8) is 0 Å². The largest absolute Gasteiger partial charge is 0.494 e. The second-order valence-corrected chi connectivity index (χ2v) is 5.10. The Bertz CT molecular complexity index is 597. The van der Waals surface area contributed by atoms with E-state index in [-0.39, 0.29) is 12.4 Å². The van der Waals surface area contributed by atoms with Crippen molar-refractivity contribution >= 4 is 5.97 Å². The van der Waals surface area contributed by atoms with Gasteiger partial charge in [0, 0.05) is 5.56 Å². The highest BCUT2D eigenvalue weighted by molar-refractivity contribution is 5.72. The molecule has 0 aliphatic heterocycles. The lowest BCUT2D eigenvalue weighted by molar-refractivity contribution is -0.134. The van der Waals surface area contributed by atoms with Crippen LogP contribution in [0.4, 0.5) is 0 Å². The number of aromatic nitrogens is 1. The minimum absolute atomic E-state index is 0.276. The van der Waals surface area contributed by atoms with E-state index in [0.717, 1.165) is 29.2 Å². The van der Waals surface area contributed by atoms with Crippen molar-refractivity contribution in [2.45, 2.75) is 40.0 Å². The molecule has 0 fully saturated rings. The molecule has 0 saturated heterocycles. The summed E-state index contributed by atoms with van der Waals surface area (Å²) in [6, 6.07) is 7.07. The lowest BCUT2D eigenvalue weighted by Crippen LogP contribution is -2.09. The highest BCUT2D eigenvalue weighted by Crippen LogP contribution is 2.19. The van der Waals surface area contributed by atoms with Crippen molar-refractivity contribution in [1.29, 1.82) is 0 Å². The zero-order chi connectivity index (χ0) is 15.9. The summed E-state index contributed by atoms with van der Waals surface area (Å²) >= 11 is 0. The van der Waals surface area contributed by atoms with E-state index in [9.17, 15) is 4.79 Å². The molecule has 0 atom stereocenters. The Hall–Kier alpha value is -2.30. The molecule has 5 heteroatoms. The Morgan fingerprint density at radius 2 is 1.86 bits per heavy atom. The average molecular weight is 303 g/mol. The number of hydrogen-bond donors (Lipinski definition) is 0. The maximum atomic E-state index is 11.9. The number of esters is 1. The molecule has 1 aromatic heterocycles. The molecule has 0 aliphatic rings. The van der Waals surface area contributed by atoms with Crippen LogP contribution in [0, 0.1) is 13.8 Å². The molecule has 0 radical (unpaired) electrons. The maximum absolute atomic E-state index is 11.9. The molecule has 118 valence electrons. The Kier molecular flexibility index (Phi) is 5.58. The number of carbonyl (C=O) groups excluding carboxylic acids is 1. The van der Waals surface area contributed by atoms with Gasteiger partial charge in [-0.3, -0.25) is 4.79 Å². The molecule has 0 unspecified atom stereocenters. The highest BCUT2D eigenvalue weighted by atomic mass is 16.5. The standard InChI is InChI=1S/C17H21NO4/c1-4-11-20-14-5-7-15(8-6-14)21-17(19)10-9-16-12(2)18-22-13(16)3/h5-8H,4,9-11H2,1-3H3. The van der Waals surface area contributed by atoms with Gasteiger partial charge in [-0.1, -0.05) is 12.1 Å². The molecule has 1 aromatic carbocycles. The molecule has 0 aliphatic carbocycles. The molecule has 0 N–H and O–H groups in total. The van der Waals surface area contributed by atoms with Gasteiger partial charge in [0.15, 0.2) is 0 Å². The first kappa shape index (κ1) is 16.1. The van der Waals surface area contributed by atoms with Gasteiger partial charge in [0.1, 0.15) is 17.3 Å². The number of benzene rings is 1. The summed E-state index contributed by atoms with van der Waals surface area (Å²) < 4.78 is 15.9. The fourth-order valence-corrected chi connectivity index (χ4v) is 2.09. The van der Waals surface area contributed by atoms with E-state index in [0.29, 0.717) is 18.8 Å². The third kappa shape index (κ3) is 4.35. The fraction of sp³-hybridized carbons (Fsp3) is 0.412. The van der Waals surface area contributed by atoms with Crippen molar-refractivity contribution in [2.24, 2.45) is 0 Å². The van der Waals surface area contributed by atoms with E-state index in [1.165, 1.54) is 0 Å². The number of carbonyl (C=O) groups is 1. The SMILES string of the molecule is CCCOc1ccc(OC(=O)CCc2c(C)noc2C)cc1. The van der Waals surface area contributed by atoms with Crippen LogP contribution in [-0.4, -0.2) is 17.7 Å². The van der Waals surface area contributed by atoms with Crippen molar-refractivity contribution in [2.75, 3.05) is 6.61 Å². The maximum Gasteiger partial charge on any atom is 0.311 e. The summed E-state index contributed by atoms with van der Waals surface area (Å²) in [6.07, 6.45) is 1.81. The summed E-state index contributed by atoms with van der Waals surface area (Å²) in [6.45, 7) is 6.44. The third-order valence-corrected chi connectivity index (χ3v) is 3.29. The van der Waals surface area contributed by atoms with Crippen LogP contribution < -0.4 is 9.47 Å². The summed E-state index contributed by atoms with van der Waals surface area (Å²) in [5, 5.41) is 3.87. The molecule has 22 heavy (non-hydrogen) atoms. The zero-order valence-electron chi connectivity index (χ0n) is 13.2. The van der Waals surface area contributed by atoms with E-state index in [2.05, 4.69) is 12.1 Å². The molecule has 0 amide bonds. The Labute approximate surface area is 130 Å². The van der Waals surface area contributed by atoms with E-state index < -0.39 is 0 Å². The molecule has 2 aromatic rings. The number of rotatable bonds is 7. The van der Waals surface area contributed by atoms with E-state index in [1.807, 2.05) is 13.8 Å². The van der Waals surface area contributed by atoms with Crippen LogP contribution in [0.15, 0.2) is 28.8 Å². The van der Waals surface area contributed by atoms with Gasteiger partial charge in [-0.2, -0.15) is 0 Å². The fourth-order valence-electron chi connectivity index (χ4n) is 2.09. The Morgan fingerprint density at radius 3 is 2.45 bits per heavy atom. The molecule has 0 saturated carbocycles. The van der Waals surface area contributed by atoms with E-state index in [1.54, 1.807) is 24.3 Å². The van der Waals surface area contributed by atoms with Crippen molar-refractivity contribution in [3.05, 3.63) is 41.3 Å². The van der Waals surface area contributed by atoms with Gasteiger partial charge in [0.05, 0.1) is 18.7 Å². The molecule has 0 spiro atoms. The molecule has 1 heterocycles. The van der Waals surface area contributed by atoms with Crippen molar-refractivity contribution < 1.29 is 18.8 Å². The number of aryl methyl sites for hydroxylation is 2. The Balaban J connectivity index is 1.84. The quantitative estimate of drug-likeness (QED) is 0.577. The molecular weight excluding hydrogens is 282 g/mol. The highest BCUT2D eigenvalue weighted by Gasteiger charge is 2.12. The second-order valence-electron chi connectivity index (χ2n) is 5.10. The van der Waals surface area contributed by atoms with Gasteiger partial charge in [0.2, 0.25) is 0 Å². The zero-order valence-corrected chi connectivity index (χ0v) is 13.2. The lowest BCUT2D eigenvalue weighted by Gasteiger charge is -2.07. The first-order valence-electron chi connectivity index (χ1n) is 7.45. The van der Waals surface area contributed by atoms with Gasteiger partial charge >= 0.3 is 5.97 Å². The van der Waals surface area contributed by atoms with Crippen LogP contribution in [0.2, 0.25) is 0 Å². The third-order valence-electron chi connectivity index (χ3n) is 3.29. The predicted molar refractivity (Wildman–Crippen MR) is 82.2 cm³/mol. The van der Waals surface area contributed by atoms with Crippen LogP contribution in [0.3, 0.4) is 0 Å². The minimum Gasteiger partial charge on any atom is -0.494 e. The summed E-state index contributed by atoms with van der Waals surface area (Å²) in [5.74, 6) is 1.77. The molecule has 2 rings (SSSR count). The Morgan fingerprint density at radius 1 is 1.18 bits per heavy atom. The van der Waals surface area contributed by atoms with Crippen LogP contribution >= 0.6 is 0 Å². The van der Waals surface area contributed by atoms with Gasteiger partial charge < -0.3 is 14.0 Å². The first-order chi connectivity index (χ1) is 10.6. The van der Waals surface area contributed by atoms with Crippen LogP contribution in [0.1, 0.15) is 36.8 Å². The molecule has 5 nitrogen and oxygen atoms in total. The van der Waals surface area contributed by atoms with E-state index in [4.69, 9.17) is 14.0 Å². The van der Waals surface area contributed by atoms with Gasteiger partial charge in [-0.15, -0.1) is 0 Å². The number of hydrogen-bond acceptors (Lipinski definition) is 5. The van der Waals surface area contributed by atoms with Crippen molar-refractivity contribution in [1.82, 2.24) is 5.16 Å². The summed E-state index contributed by atoms with van der Waals surface area (Å²) in [4.78, 5) is 11.9. The van der Waals surface area contributed by atoms with Gasteiger partial charge in [-0.25, -0.2) is 0 Å². The number of ether oxygens (including phenoxy) is 2. The van der Waals surface area contributed by atoms with Crippen LogP contribution in [0.25, 0.3) is 0 Å². The first-order valence-corrected chi connectivity index (χ1v) is 7.45. The second kappa shape index (κ2) is 7.64. The lowest BCUT2D eigenvalue weighted by atomic mass is 10.1.